The Bertz CT molecular complexity index is 364. The molecule has 114 valence electrons. The predicted octanol–water partition coefficient (Wildman–Crippen LogP) is 2.15. The van der Waals surface area contributed by atoms with Crippen LogP contribution in [0.1, 0.15) is 20.8 Å². The van der Waals surface area contributed by atoms with E-state index in [9.17, 15) is 0 Å². The second kappa shape index (κ2) is 8.82. The number of benzene rings is 1. The first kappa shape index (κ1) is 16.8. The van der Waals surface area contributed by atoms with Crippen LogP contribution >= 0.6 is 0 Å². The van der Waals surface area contributed by atoms with Gasteiger partial charge in [0.15, 0.2) is 0 Å². The third-order valence-corrected chi connectivity index (χ3v) is 3.80. The zero-order chi connectivity index (χ0) is 15.0. The lowest BCUT2D eigenvalue weighted by atomic mass is 9.96. The lowest BCUT2D eigenvalue weighted by molar-refractivity contribution is 0.302. The maximum atomic E-state index is 9.04. The molecule has 1 atom stereocenters. The normalized spacial score (nSPS) is 12.5. The SMILES string of the molecule is CCN(CCO)c1ccc(NCC(CN)C(C)C)cc1. The molecule has 1 unspecified atom stereocenters. The standard InChI is InChI=1S/C16H29N3O/c1-4-19(9-10-20)16-7-5-15(6-8-16)18-12-14(11-17)13(2)3/h5-8,13-14,18,20H,4,9-12,17H2,1-3H3. The molecule has 4 N–H and O–H groups in total. The summed E-state index contributed by atoms with van der Waals surface area (Å²) in [6.07, 6.45) is 0. The number of hydrogen-bond donors (Lipinski definition) is 3. The van der Waals surface area contributed by atoms with Gasteiger partial charge in [-0.1, -0.05) is 13.8 Å². The Morgan fingerprint density at radius 2 is 1.90 bits per heavy atom. The van der Waals surface area contributed by atoms with E-state index in [4.69, 9.17) is 10.8 Å². The Labute approximate surface area is 123 Å². The number of nitrogens with two attached hydrogens (primary N) is 1. The molecule has 0 radical (unpaired) electrons. The highest BCUT2D eigenvalue weighted by Crippen LogP contribution is 2.18. The van der Waals surface area contributed by atoms with Crippen LogP contribution in [0.2, 0.25) is 0 Å². The van der Waals surface area contributed by atoms with E-state index in [1.54, 1.807) is 0 Å². The molecule has 4 nitrogen and oxygen atoms in total. The van der Waals surface area contributed by atoms with E-state index in [1.165, 1.54) is 0 Å². The molecule has 1 aromatic carbocycles. The minimum Gasteiger partial charge on any atom is -0.395 e. The van der Waals surface area contributed by atoms with Crippen molar-refractivity contribution in [2.75, 3.05) is 43.0 Å². The average Bonchev–Trinajstić information content (AvgIpc) is 2.46. The first-order valence-electron chi connectivity index (χ1n) is 7.52. The maximum Gasteiger partial charge on any atom is 0.0606 e. The van der Waals surface area contributed by atoms with Crippen LogP contribution in [0.15, 0.2) is 24.3 Å². The van der Waals surface area contributed by atoms with Crippen LogP contribution in [0.25, 0.3) is 0 Å². The van der Waals surface area contributed by atoms with E-state index in [-0.39, 0.29) is 6.61 Å². The van der Waals surface area contributed by atoms with Gasteiger partial charge < -0.3 is 21.1 Å². The van der Waals surface area contributed by atoms with Crippen molar-refractivity contribution in [1.29, 1.82) is 0 Å². The lowest BCUT2D eigenvalue weighted by Crippen LogP contribution is -2.27. The van der Waals surface area contributed by atoms with E-state index in [2.05, 4.69) is 55.3 Å². The summed E-state index contributed by atoms with van der Waals surface area (Å²) in [6, 6.07) is 8.36. The van der Waals surface area contributed by atoms with Crippen molar-refractivity contribution >= 4 is 11.4 Å². The second-order valence-corrected chi connectivity index (χ2v) is 5.47. The first-order valence-corrected chi connectivity index (χ1v) is 7.52. The number of hydrogen-bond acceptors (Lipinski definition) is 4. The Kier molecular flexibility index (Phi) is 7.41. The summed E-state index contributed by atoms with van der Waals surface area (Å²) in [5, 5.41) is 12.5. The Balaban J connectivity index is 2.58. The minimum absolute atomic E-state index is 0.181. The average molecular weight is 279 g/mol. The minimum atomic E-state index is 0.181. The molecule has 1 aromatic rings. The summed E-state index contributed by atoms with van der Waals surface area (Å²) < 4.78 is 0. The number of aliphatic hydroxyl groups excluding tert-OH is 1. The van der Waals surface area contributed by atoms with Gasteiger partial charge in [0.2, 0.25) is 0 Å². The molecule has 0 saturated heterocycles. The molecule has 0 aliphatic heterocycles. The zero-order valence-corrected chi connectivity index (χ0v) is 13.0. The molecule has 0 bridgehead atoms. The molecule has 0 aliphatic rings. The maximum absolute atomic E-state index is 9.04. The summed E-state index contributed by atoms with van der Waals surface area (Å²) in [7, 11) is 0. The van der Waals surface area contributed by atoms with Crippen molar-refractivity contribution < 1.29 is 5.11 Å². The Hall–Kier alpha value is -1.26. The monoisotopic (exact) mass is 279 g/mol. The molecular formula is C16H29N3O. The van der Waals surface area contributed by atoms with Crippen molar-refractivity contribution in [1.82, 2.24) is 0 Å². The van der Waals surface area contributed by atoms with Crippen LogP contribution < -0.4 is 16.0 Å². The fourth-order valence-corrected chi connectivity index (χ4v) is 2.22. The Morgan fingerprint density at radius 3 is 2.35 bits per heavy atom. The van der Waals surface area contributed by atoms with Crippen LogP contribution in [0, 0.1) is 11.8 Å². The van der Waals surface area contributed by atoms with Crippen molar-refractivity contribution in [2.45, 2.75) is 20.8 Å². The quantitative estimate of drug-likeness (QED) is 0.648. The third-order valence-electron chi connectivity index (χ3n) is 3.80. The van der Waals surface area contributed by atoms with Gasteiger partial charge in [0.25, 0.3) is 0 Å². The molecule has 20 heavy (non-hydrogen) atoms. The van der Waals surface area contributed by atoms with E-state index >= 15 is 0 Å². The smallest absolute Gasteiger partial charge is 0.0606 e. The molecule has 4 heteroatoms. The fraction of sp³-hybridized carbons (Fsp3) is 0.625. The van der Waals surface area contributed by atoms with Crippen molar-refractivity contribution in [3.63, 3.8) is 0 Å². The summed E-state index contributed by atoms with van der Waals surface area (Å²) in [5.74, 6) is 1.09. The van der Waals surface area contributed by atoms with Crippen LogP contribution in [0.4, 0.5) is 11.4 Å². The summed E-state index contributed by atoms with van der Waals surface area (Å²) in [4.78, 5) is 2.15. The van der Waals surface area contributed by atoms with Crippen molar-refractivity contribution in [3.8, 4) is 0 Å². The number of nitrogens with one attached hydrogen (secondary N) is 1. The first-order chi connectivity index (χ1) is 9.62. The van der Waals surface area contributed by atoms with Gasteiger partial charge in [0.1, 0.15) is 0 Å². The molecule has 0 spiro atoms. The molecule has 1 rings (SSSR count). The highest BCUT2D eigenvalue weighted by molar-refractivity contribution is 5.55. The number of aliphatic hydroxyl groups is 1. The van der Waals surface area contributed by atoms with Gasteiger partial charge in [-0.3, -0.25) is 0 Å². The van der Waals surface area contributed by atoms with Gasteiger partial charge >= 0.3 is 0 Å². The molecular weight excluding hydrogens is 250 g/mol. The zero-order valence-electron chi connectivity index (χ0n) is 13.0. The second-order valence-electron chi connectivity index (χ2n) is 5.47. The van der Waals surface area contributed by atoms with Gasteiger partial charge in [0.05, 0.1) is 6.61 Å². The largest absolute Gasteiger partial charge is 0.395 e. The topological polar surface area (TPSA) is 61.5 Å². The van der Waals surface area contributed by atoms with Crippen LogP contribution in [-0.2, 0) is 0 Å². The van der Waals surface area contributed by atoms with Crippen molar-refractivity contribution in [2.24, 2.45) is 17.6 Å². The molecule has 0 aliphatic carbocycles. The van der Waals surface area contributed by atoms with Crippen molar-refractivity contribution in [3.05, 3.63) is 24.3 Å². The third kappa shape index (κ3) is 5.02. The van der Waals surface area contributed by atoms with E-state index in [1.807, 2.05) is 0 Å². The molecule has 0 amide bonds. The predicted molar refractivity (Wildman–Crippen MR) is 87.3 cm³/mol. The highest BCUT2D eigenvalue weighted by atomic mass is 16.3. The highest BCUT2D eigenvalue weighted by Gasteiger charge is 2.11. The van der Waals surface area contributed by atoms with E-state index in [0.717, 1.165) is 24.5 Å². The number of nitrogens with zero attached hydrogens (tertiary/aromatic N) is 1. The van der Waals surface area contributed by atoms with Crippen LogP contribution in [-0.4, -0.2) is 37.9 Å². The van der Waals surface area contributed by atoms with Gasteiger partial charge in [-0.05, 0) is 49.6 Å². The lowest BCUT2D eigenvalue weighted by Gasteiger charge is -2.23. The van der Waals surface area contributed by atoms with Gasteiger partial charge in [-0.15, -0.1) is 0 Å². The summed E-state index contributed by atoms with van der Waals surface area (Å²) >= 11 is 0. The van der Waals surface area contributed by atoms with Gasteiger partial charge in [-0.25, -0.2) is 0 Å². The number of rotatable bonds is 9. The molecule has 0 fully saturated rings. The van der Waals surface area contributed by atoms with Crippen LogP contribution in [0.5, 0.6) is 0 Å². The Morgan fingerprint density at radius 1 is 1.25 bits per heavy atom. The molecule has 0 heterocycles. The molecule has 0 saturated carbocycles. The number of likely N-dealkylation sites (N-methyl/N-ethyl adjacent to an activating group) is 1. The number of anilines is 2. The summed E-state index contributed by atoms with van der Waals surface area (Å²) in [5.41, 5.74) is 8.05. The van der Waals surface area contributed by atoms with Gasteiger partial charge in [0, 0.05) is 31.0 Å². The van der Waals surface area contributed by atoms with Crippen LogP contribution in [0.3, 0.4) is 0 Å². The molecule has 0 aromatic heterocycles. The fourth-order valence-electron chi connectivity index (χ4n) is 2.22. The van der Waals surface area contributed by atoms with Gasteiger partial charge in [-0.2, -0.15) is 0 Å². The summed E-state index contributed by atoms with van der Waals surface area (Å²) in [6.45, 7) is 9.87. The van der Waals surface area contributed by atoms with E-state index < -0.39 is 0 Å². The van der Waals surface area contributed by atoms with E-state index in [0.29, 0.717) is 24.9 Å².